The molecule has 4 aromatic rings. The first-order chi connectivity index (χ1) is 23.8. The Labute approximate surface area is 279 Å². The molecule has 5 heterocycles. The average molecular weight is 706 g/mol. The number of pyridine rings is 1. The van der Waals surface area contributed by atoms with Crippen LogP contribution in [0.1, 0.15) is 53.5 Å². The number of piperidine rings is 1. The predicted molar refractivity (Wildman–Crippen MR) is 165 cm³/mol. The number of hydrogen-bond donors (Lipinski definition) is 3. The molecule has 0 radical (unpaired) electrons. The van der Waals surface area contributed by atoms with Gasteiger partial charge in [0, 0.05) is 50.6 Å². The number of likely N-dealkylation sites (tertiary alicyclic amines) is 1. The molecule has 0 aliphatic carbocycles. The Balaban J connectivity index is 1.06. The summed E-state index contributed by atoms with van der Waals surface area (Å²) in [5, 5.41) is 10.7. The predicted octanol–water partition coefficient (Wildman–Crippen LogP) is 5.52. The zero-order valence-electron chi connectivity index (χ0n) is 26.0. The first-order valence-corrected chi connectivity index (χ1v) is 15.4. The van der Waals surface area contributed by atoms with Crippen LogP contribution in [0.3, 0.4) is 0 Å². The molecule has 6 rings (SSSR count). The zero-order valence-corrected chi connectivity index (χ0v) is 26.0. The molecule has 2 aliphatic heterocycles. The summed E-state index contributed by atoms with van der Waals surface area (Å²) in [5.41, 5.74) is -0.157. The molecular weight excluding hydrogens is 676 g/mol. The molecule has 50 heavy (non-hydrogen) atoms. The lowest BCUT2D eigenvalue weighted by molar-refractivity contribution is -0.120. The van der Waals surface area contributed by atoms with Crippen LogP contribution < -0.4 is 20.9 Å². The molecule has 3 aromatic heterocycles. The summed E-state index contributed by atoms with van der Waals surface area (Å²) in [6, 6.07) is 6.25. The number of anilines is 3. The smallest absolute Gasteiger partial charge is 0.405 e. The van der Waals surface area contributed by atoms with Gasteiger partial charge < -0.3 is 15.1 Å². The summed E-state index contributed by atoms with van der Waals surface area (Å²) in [4.78, 5) is 47.5. The van der Waals surface area contributed by atoms with Crippen molar-refractivity contribution in [2.45, 2.75) is 44.5 Å². The minimum Gasteiger partial charge on any atom is -0.444 e. The highest BCUT2D eigenvalue weighted by Crippen LogP contribution is 2.32. The number of halogens is 6. The molecule has 13 nitrogen and oxygen atoms in total. The molecule has 1 aromatic carbocycles. The van der Waals surface area contributed by atoms with Crippen molar-refractivity contribution < 1.29 is 45.1 Å². The van der Waals surface area contributed by atoms with Gasteiger partial charge in [-0.15, -0.1) is 0 Å². The third-order valence-electron chi connectivity index (χ3n) is 8.12. The fourth-order valence-corrected chi connectivity index (χ4v) is 5.66. The second-order valence-corrected chi connectivity index (χ2v) is 11.6. The SMILES string of the molecule is O=C1CCN(c2ccc(CN3CCC(n4cc(NC(=O)c5coc(-c6ccnc(NCC(F)(F)F)c6)n5)c(C(F)F)n4)CC3)cc2F)C(=O)N1. The van der Waals surface area contributed by atoms with Crippen LogP contribution in [0, 0.1) is 5.82 Å². The van der Waals surface area contributed by atoms with E-state index in [1.54, 1.807) is 6.07 Å². The van der Waals surface area contributed by atoms with E-state index in [0.29, 0.717) is 38.0 Å². The van der Waals surface area contributed by atoms with Gasteiger partial charge in [-0.05, 0) is 42.7 Å². The van der Waals surface area contributed by atoms with E-state index in [-0.39, 0.29) is 53.3 Å². The van der Waals surface area contributed by atoms with Gasteiger partial charge in [0.05, 0.1) is 17.4 Å². The quantitative estimate of drug-likeness (QED) is 0.181. The third kappa shape index (κ3) is 8.04. The topological polar surface area (TPSA) is 151 Å². The van der Waals surface area contributed by atoms with E-state index in [0.717, 1.165) is 6.26 Å². The average Bonchev–Trinajstić information content (AvgIpc) is 3.73. The van der Waals surface area contributed by atoms with Crippen molar-refractivity contribution in [2.75, 3.05) is 41.7 Å². The Morgan fingerprint density at radius 1 is 1.10 bits per heavy atom. The van der Waals surface area contributed by atoms with Crippen LogP contribution in [0.4, 0.5) is 48.3 Å². The first-order valence-electron chi connectivity index (χ1n) is 15.4. The summed E-state index contributed by atoms with van der Waals surface area (Å²) in [5.74, 6) is -2.09. The number of nitrogens with zero attached hydrogens (tertiary/aromatic N) is 6. The Kier molecular flexibility index (Phi) is 9.76. The molecule has 19 heteroatoms. The summed E-state index contributed by atoms with van der Waals surface area (Å²) in [6.07, 6.45) is -2.81. The van der Waals surface area contributed by atoms with Gasteiger partial charge in [-0.1, -0.05) is 6.07 Å². The second kappa shape index (κ2) is 14.2. The molecule has 2 fully saturated rings. The van der Waals surface area contributed by atoms with Crippen LogP contribution in [0.2, 0.25) is 0 Å². The van der Waals surface area contributed by atoms with Crippen LogP contribution in [0.5, 0.6) is 0 Å². The lowest BCUT2D eigenvalue weighted by Gasteiger charge is -2.32. The normalized spacial score (nSPS) is 16.2. The second-order valence-electron chi connectivity index (χ2n) is 11.6. The van der Waals surface area contributed by atoms with Crippen molar-refractivity contribution in [1.29, 1.82) is 0 Å². The Hall–Kier alpha value is -5.46. The maximum absolute atomic E-state index is 14.9. The van der Waals surface area contributed by atoms with Crippen LogP contribution >= 0.6 is 0 Å². The molecule has 0 atom stereocenters. The minimum atomic E-state index is -4.47. The molecule has 4 amide bonds. The van der Waals surface area contributed by atoms with Gasteiger partial charge in [0.15, 0.2) is 11.4 Å². The number of nitrogens with one attached hydrogen (secondary N) is 3. The number of rotatable bonds is 10. The zero-order chi connectivity index (χ0) is 35.6. The number of amides is 4. The first kappa shape index (κ1) is 34.4. The highest BCUT2D eigenvalue weighted by Gasteiger charge is 2.29. The number of oxazole rings is 1. The van der Waals surface area contributed by atoms with Crippen molar-refractivity contribution in [3.8, 4) is 11.5 Å². The molecule has 0 bridgehead atoms. The van der Waals surface area contributed by atoms with Crippen molar-refractivity contribution >= 4 is 35.0 Å². The minimum absolute atomic E-state index is 0.0700. The largest absolute Gasteiger partial charge is 0.444 e. The van der Waals surface area contributed by atoms with Gasteiger partial charge in [0.1, 0.15) is 24.4 Å². The monoisotopic (exact) mass is 705 g/mol. The van der Waals surface area contributed by atoms with E-state index in [4.69, 9.17) is 4.42 Å². The van der Waals surface area contributed by atoms with Gasteiger partial charge in [-0.25, -0.2) is 27.9 Å². The molecular formula is C31H29F6N9O4. The van der Waals surface area contributed by atoms with Gasteiger partial charge in [-0.2, -0.15) is 18.3 Å². The molecule has 264 valence electrons. The number of aromatic nitrogens is 4. The molecule has 0 spiro atoms. The summed E-state index contributed by atoms with van der Waals surface area (Å²) >= 11 is 0. The van der Waals surface area contributed by atoms with E-state index in [1.165, 1.54) is 46.2 Å². The number of imide groups is 1. The highest BCUT2D eigenvalue weighted by molar-refractivity contribution is 6.05. The number of hydrogen-bond acceptors (Lipinski definition) is 9. The van der Waals surface area contributed by atoms with E-state index in [9.17, 15) is 40.7 Å². The Morgan fingerprint density at radius 2 is 1.88 bits per heavy atom. The number of carbonyl (C=O) groups is 3. The number of carbonyl (C=O) groups excluding carboxylic acids is 3. The van der Waals surface area contributed by atoms with Crippen molar-refractivity contribution in [3.63, 3.8) is 0 Å². The van der Waals surface area contributed by atoms with Gasteiger partial charge in [-0.3, -0.25) is 29.4 Å². The summed E-state index contributed by atoms with van der Waals surface area (Å²) in [7, 11) is 0. The molecule has 0 unspecified atom stereocenters. The van der Waals surface area contributed by atoms with Crippen LogP contribution in [0.25, 0.3) is 11.5 Å². The van der Waals surface area contributed by atoms with Crippen LogP contribution in [-0.4, -0.2) is 74.8 Å². The molecule has 2 saturated heterocycles. The van der Waals surface area contributed by atoms with Gasteiger partial charge in [0.2, 0.25) is 11.8 Å². The highest BCUT2D eigenvalue weighted by atomic mass is 19.4. The van der Waals surface area contributed by atoms with Crippen LogP contribution in [-0.2, 0) is 11.3 Å². The summed E-state index contributed by atoms with van der Waals surface area (Å²) in [6.45, 7) is 0.251. The maximum atomic E-state index is 14.9. The van der Waals surface area contributed by atoms with Crippen molar-refractivity contribution in [2.24, 2.45) is 0 Å². The maximum Gasteiger partial charge on any atom is 0.405 e. The third-order valence-corrected chi connectivity index (χ3v) is 8.12. The standard InChI is InChI=1S/C31H29F6N9O4/c32-20-11-17(1-2-23(20)45-10-6-25(47)42-30(45)49)13-44-8-4-19(5-9-44)46-14-21(26(43-46)27(33)34)40-28(48)22-15-50-29(41-22)18-3-7-38-24(12-18)39-16-31(35,36)37/h1-3,7,11-12,14-15,19,27H,4-6,8-10,13,16H2,(H,38,39)(H,40,48)(H,42,47,49). The summed E-state index contributed by atoms with van der Waals surface area (Å²) < 4.78 is 87.2. The molecule has 2 aliphatic rings. The number of alkyl halides is 5. The van der Waals surface area contributed by atoms with E-state index in [1.807, 2.05) is 0 Å². The van der Waals surface area contributed by atoms with Gasteiger partial charge >= 0.3 is 12.2 Å². The number of urea groups is 1. The Morgan fingerprint density at radius 3 is 2.58 bits per heavy atom. The van der Waals surface area contributed by atoms with Crippen molar-refractivity contribution in [3.05, 3.63) is 71.8 Å². The lowest BCUT2D eigenvalue weighted by atomic mass is 10.0. The van der Waals surface area contributed by atoms with Crippen molar-refractivity contribution in [1.82, 2.24) is 30.0 Å². The van der Waals surface area contributed by atoms with Crippen LogP contribution in [0.15, 0.2) is 53.4 Å². The van der Waals surface area contributed by atoms with E-state index >= 15 is 0 Å². The van der Waals surface area contributed by atoms with E-state index in [2.05, 4.69) is 35.9 Å². The fraction of sp³-hybridized carbons (Fsp3) is 0.355. The molecule has 3 N–H and O–H groups in total. The molecule has 0 saturated carbocycles. The Bertz CT molecular complexity index is 1890. The fourth-order valence-electron chi connectivity index (χ4n) is 5.66. The number of benzene rings is 1. The van der Waals surface area contributed by atoms with E-state index < -0.39 is 48.5 Å². The van der Waals surface area contributed by atoms with Gasteiger partial charge in [0.25, 0.3) is 12.3 Å². The lowest BCUT2D eigenvalue weighted by Crippen LogP contribution is -2.49.